The van der Waals surface area contributed by atoms with Crippen LogP contribution < -0.4 is 0 Å². The fourth-order valence-electron chi connectivity index (χ4n) is 3.61. The van der Waals surface area contributed by atoms with Crippen molar-refractivity contribution in [1.29, 1.82) is 5.26 Å². The Hall–Kier alpha value is -2.65. The summed E-state index contributed by atoms with van der Waals surface area (Å²) in [4.78, 5) is 0. The van der Waals surface area contributed by atoms with Crippen molar-refractivity contribution in [2.24, 2.45) is 0 Å². The third kappa shape index (κ3) is 2.61. The maximum absolute atomic E-state index is 10.1. The normalized spacial score (nSPS) is 23.6. The highest BCUT2D eigenvalue weighted by Gasteiger charge is 2.35. The summed E-state index contributed by atoms with van der Waals surface area (Å²) in [6.45, 7) is -0.197. The van der Waals surface area contributed by atoms with Crippen molar-refractivity contribution in [3.05, 3.63) is 54.1 Å². The number of ether oxygens (including phenoxy) is 1. The van der Waals surface area contributed by atoms with Gasteiger partial charge in [-0.05, 0) is 29.8 Å². The van der Waals surface area contributed by atoms with Crippen LogP contribution in [0.15, 0.2) is 48.5 Å². The van der Waals surface area contributed by atoms with E-state index in [0.717, 1.165) is 27.4 Å². The SMILES string of the molecule is N#C/C=C/c1ccc2c(c1)c1ccccc1n2[C@H]1C[C@@H](O)C(CO)O1. The summed E-state index contributed by atoms with van der Waals surface area (Å²) < 4.78 is 7.97. The van der Waals surface area contributed by atoms with E-state index in [1.54, 1.807) is 6.08 Å². The standard InChI is InChI=1S/C20H18N2O3/c21-9-3-4-13-7-8-17-15(10-13)14-5-1-2-6-16(14)22(17)20-11-18(24)19(12-23)25-20/h1-8,10,18-20,23-24H,11-12H2/b4-3+/t18-,19?,20-/m1/s1. The Morgan fingerprint density at radius 1 is 1.20 bits per heavy atom. The molecule has 0 radical (unpaired) electrons. The van der Waals surface area contributed by atoms with E-state index in [9.17, 15) is 10.2 Å². The third-order valence-electron chi connectivity index (χ3n) is 4.76. The van der Waals surface area contributed by atoms with Gasteiger partial charge in [0.05, 0.1) is 29.8 Å². The average molecular weight is 334 g/mol. The van der Waals surface area contributed by atoms with E-state index in [-0.39, 0.29) is 12.8 Å². The lowest BCUT2D eigenvalue weighted by Crippen LogP contribution is -2.24. The van der Waals surface area contributed by atoms with Crippen LogP contribution in [0.4, 0.5) is 0 Å². The molecule has 2 aromatic carbocycles. The molecule has 3 atom stereocenters. The number of benzene rings is 2. The van der Waals surface area contributed by atoms with Gasteiger partial charge in [0.1, 0.15) is 12.3 Å². The second-order valence-electron chi connectivity index (χ2n) is 6.24. The number of hydrogen-bond acceptors (Lipinski definition) is 4. The van der Waals surface area contributed by atoms with Crippen molar-refractivity contribution >= 4 is 27.9 Å². The fourth-order valence-corrected chi connectivity index (χ4v) is 3.61. The van der Waals surface area contributed by atoms with Gasteiger partial charge in [0.15, 0.2) is 0 Å². The molecule has 2 heterocycles. The number of para-hydroxylation sites is 1. The predicted octanol–water partition coefficient (Wildman–Crippen LogP) is 2.97. The molecule has 126 valence electrons. The molecule has 0 aliphatic carbocycles. The van der Waals surface area contributed by atoms with Crippen molar-refractivity contribution in [1.82, 2.24) is 4.57 Å². The zero-order chi connectivity index (χ0) is 17.4. The van der Waals surface area contributed by atoms with Crippen LogP contribution in [0.5, 0.6) is 0 Å². The molecular weight excluding hydrogens is 316 g/mol. The number of nitriles is 1. The monoisotopic (exact) mass is 334 g/mol. The first-order valence-corrected chi connectivity index (χ1v) is 8.26. The van der Waals surface area contributed by atoms with Gasteiger partial charge in [-0.2, -0.15) is 5.26 Å². The summed E-state index contributed by atoms with van der Waals surface area (Å²) in [5, 5.41) is 30.4. The van der Waals surface area contributed by atoms with Gasteiger partial charge >= 0.3 is 0 Å². The lowest BCUT2D eigenvalue weighted by Gasteiger charge is -2.16. The Labute approximate surface area is 145 Å². The van der Waals surface area contributed by atoms with Gasteiger partial charge in [-0.1, -0.05) is 24.3 Å². The third-order valence-corrected chi connectivity index (χ3v) is 4.76. The smallest absolute Gasteiger partial charge is 0.137 e. The minimum Gasteiger partial charge on any atom is -0.394 e. The van der Waals surface area contributed by atoms with E-state index < -0.39 is 12.2 Å². The predicted molar refractivity (Wildman–Crippen MR) is 95.7 cm³/mol. The first kappa shape index (κ1) is 15.9. The summed E-state index contributed by atoms with van der Waals surface area (Å²) >= 11 is 0. The number of aromatic nitrogens is 1. The molecule has 0 bridgehead atoms. The molecule has 1 saturated heterocycles. The molecule has 5 heteroatoms. The zero-order valence-electron chi connectivity index (χ0n) is 13.5. The van der Waals surface area contributed by atoms with E-state index in [0.29, 0.717) is 6.42 Å². The molecule has 1 aromatic heterocycles. The Morgan fingerprint density at radius 2 is 2.00 bits per heavy atom. The van der Waals surface area contributed by atoms with Crippen LogP contribution in [0, 0.1) is 11.3 Å². The lowest BCUT2D eigenvalue weighted by molar-refractivity contribution is -0.0416. The molecule has 1 aliphatic heterocycles. The van der Waals surface area contributed by atoms with Crippen molar-refractivity contribution < 1.29 is 14.9 Å². The van der Waals surface area contributed by atoms with Gasteiger partial charge in [-0.25, -0.2) is 0 Å². The number of rotatable bonds is 3. The number of allylic oxidation sites excluding steroid dienone is 1. The Morgan fingerprint density at radius 3 is 2.76 bits per heavy atom. The molecular formula is C20H18N2O3. The van der Waals surface area contributed by atoms with Gasteiger partial charge < -0.3 is 19.5 Å². The minimum atomic E-state index is -0.677. The number of aliphatic hydroxyl groups is 2. The van der Waals surface area contributed by atoms with Crippen molar-refractivity contribution in [2.45, 2.75) is 24.9 Å². The van der Waals surface area contributed by atoms with E-state index in [4.69, 9.17) is 10.00 Å². The van der Waals surface area contributed by atoms with Crippen molar-refractivity contribution in [3.8, 4) is 6.07 Å². The van der Waals surface area contributed by atoms with Gasteiger partial charge in [-0.15, -0.1) is 0 Å². The Balaban J connectivity index is 1.91. The molecule has 2 N–H and O–H groups in total. The second kappa shape index (κ2) is 6.34. The molecule has 0 amide bonds. The zero-order valence-corrected chi connectivity index (χ0v) is 13.5. The highest BCUT2D eigenvalue weighted by Crippen LogP contribution is 2.38. The van der Waals surface area contributed by atoms with Gasteiger partial charge in [0.25, 0.3) is 0 Å². The van der Waals surface area contributed by atoms with Gasteiger partial charge in [-0.3, -0.25) is 0 Å². The molecule has 1 fully saturated rings. The van der Waals surface area contributed by atoms with E-state index in [1.807, 2.05) is 36.4 Å². The van der Waals surface area contributed by atoms with Gasteiger partial charge in [0.2, 0.25) is 0 Å². The number of aliphatic hydroxyl groups excluding tert-OH is 2. The summed E-state index contributed by atoms with van der Waals surface area (Å²) in [7, 11) is 0. The summed E-state index contributed by atoms with van der Waals surface area (Å²) in [6.07, 6.45) is 2.12. The Kier molecular flexibility index (Phi) is 4.02. The first-order valence-electron chi connectivity index (χ1n) is 8.26. The first-order chi connectivity index (χ1) is 12.2. The maximum atomic E-state index is 10.1. The quantitative estimate of drug-likeness (QED) is 0.722. The molecule has 3 aromatic rings. The maximum Gasteiger partial charge on any atom is 0.137 e. The largest absolute Gasteiger partial charge is 0.394 e. The highest BCUT2D eigenvalue weighted by atomic mass is 16.5. The van der Waals surface area contributed by atoms with Crippen molar-refractivity contribution in [3.63, 3.8) is 0 Å². The topological polar surface area (TPSA) is 78.4 Å². The molecule has 0 saturated carbocycles. The number of hydrogen-bond donors (Lipinski definition) is 2. The van der Waals surface area contributed by atoms with Crippen LogP contribution in [-0.4, -0.2) is 33.6 Å². The number of fused-ring (bicyclic) bond motifs is 3. The average Bonchev–Trinajstić information content (AvgIpc) is 3.17. The second-order valence-corrected chi connectivity index (χ2v) is 6.24. The van der Waals surface area contributed by atoms with Gasteiger partial charge in [0, 0.05) is 23.3 Å². The van der Waals surface area contributed by atoms with Crippen LogP contribution in [0.25, 0.3) is 27.9 Å². The summed E-state index contributed by atoms with van der Waals surface area (Å²) in [5.41, 5.74) is 2.98. The fraction of sp³-hybridized carbons (Fsp3) is 0.250. The van der Waals surface area contributed by atoms with Crippen LogP contribution in [0.1, 0.15) is 18.2 Å². The van der Waals surface area contributed by atoms with E-state index >= 15 is 0 Å². The summed E-state index contributed by atoms with van der Waals surface area (Å²) in [6, 6.07) is 16.1. The lowest BCUT2D eigenvalue weighted by atomic mass is 10.1. The number of nitrogens with zero attached hydrogens (tertiary/aromatic N) is 2. The van der Waals surface area contributed by atoms with E-state index in [2.05, 4.69) is 16.7 Å². The van der Waals surface area contributed by atoms with E-state index in [1.165, 1.54) is 6.08 Å². The molecule has 5 nitrogen and oxygen atoms in total. The summed E-state index contributed by atoms with van der Waals surface area (Å²) in [5.74, 6) is 0. The van der Waals surface area contributed by atoms with Crippen molar-refractivity contribution in [2.75, 3.05) is 6.61 Å². The Bertz CT molecular complexity index is 999. The van der Waals surface area contributed by atoms with Crippen LogP contribution in [0.3, 0.4) is 0 Å². The molecule has 1 unspecified atom stereocenters. The minimum absolute atomic E-state index is 0.197. The van der Waals surface area contributed by atoms with Crippen LogP contribution in [-0.2, 0) is 4.74 Å². The van der Waals surface area contributed by atoms with Crippen LogP contribution in [0.2, 0.25) is 0 Å². The molecule has 1 aliphatic rings. The molecule has 4 rings (SSSR count). The van der Waals surface area contributed by atoms with Crippen LogP contribution >= 0.6 is 0 Å². The molecule has 0 spiro atoms. The highest BCUT2D eigenvalue weighted by molar-refractivity contribution is 6.08. The molecule has 25 heavy (non-hydrogen) atoms.